The molecule has 6 nitrogen and oxygen atoms in total. The second-order valence-electron chi connectivity index (χ2n) is 5.84. The van der Waals surface area contributed by atoms with Crippen molar-refractivity contribution in [1.29, 1.82) is 0 Å². The lowest BCUT2D eigenvalue weighted by atomic mass is 10.2. The molecule has 0 heterocycles. The number of rotatable bonds is 9. The summed E-state index contributed by atoms with van der Waals surface area (Å²) < 4.78 is 38.1. The average Bonchev–Trinajstić information content (AvgIpc) is 2.59. The third-order valence-electron chi connectivity index (χ3n) is 3.83. The molecule has 1 atom stereocenters. The average molecular weight is 434 g/mol. The van der Waals surface area contributed by atoms with E-state index in [2.05, 4.69) is 4.72 Å². The summed E-state index contributed by atoms with van der Waals surface area (Å²) in [5, 5.41) is 10.6. The number of halogens is 2. The summed E-state index contributed by atoms with van der Waals surface area (Å²) in [6.45, 7) is 2.57. The van der Waals surface area contributed by atoms with Gasteiger partial charge in [0.15, 0.2) is 0 Å². The number of hydrogen-bond donors (Lipinski definition) is 2. The fourth-order valence-corrected chi connectivity index (χ4v) is 4.07. The maximum atomic E-state index is 12.5. The minimum absolute atomic E-state index is 0.0113. The second kappa shape index (κ2) is 9.61. The Bertz CT molecular complexity index is 865. The lowest BCUT2D eigenvalue weighted by Crippen LogP contribution is -2.17. The Morgan fingerprint density at radius 2 is 1.81 bits per heavy atom. The van der Waals surface area contributed by atoms with Crippen LogP contribution in [0.5, 0.6) is 5.75 Å². The van der Waals surface area contributed by atoms with Crippen LogP contribution in [0, 0.1) is 0 Å². The van der Waals surface area contributed by atoms with E-state index in [1.807, 2.05) is 6.92 Å². The predicted molar refractivity (Wildman–Crippen MR) is 106 cm³/mol. The molecular weight excluding hydrogens is 413 g/mol. The molecule has 0 aliphatic carbocycles. The van der Waals surface area contributed by atoms with E-state index in [9.17, 15) is 13.5 Å². The molecule has 0 radical (unpaired) electrons. The SMILES string of the molecule is CCC(COCc1ccc(NS(=O)(=O)c2cc(Cl)cc(Cl)c2)cc1O)OC. The summed E-state index contributed by atoms with van der Waals surface area (Å²) in [4.78, 5) is -0.0722. The van der Waals surface area contributed by atoms with E-state index in [4.69, 9.17) is 32.7 Å². The van der Waals surface area contributed by atoms with Crippen LogP contribution in [0.2, 0.25) is 10.0 Å². The Hall–Kier alpha value is -1.51. The minimum Gasteiger partial charge on any atom is -0.508 e. The third-order valence-corrected chi connectivity index (χ3v) is 5.63. The molecule has 0 aliphatic heterocycles. The molecule has 2 rings (SSSR count). The summed E-state index contributed by atoms with van der Waals surface area (Å²) in [5.41, 5.74) is 0.741. The molecule has 9 heteroatoms. The Kier molecular flexibility index (Phi) is 7.76. The van der Waals surface area contributed by atoms with Crippen LogP contribution in [0.25, 0.3) is 0 Å². The minimum atomic E-state index is -3.90. The summed E-state index contributed by atoms with van der Waals surface area (Å²) in [6, 6.07) is 8.46. The number of methoxy groups -OCH3 is 1. The van der Waals surface area contributed by atoms with E-state index in [-0.39, 0.29) is 39.1 Å². The quantitative estimate of drug-likeness (QED) is 0.610. The smallest absolute Gasteiger partial charge is 0.261 e. The number of anilines is 1. The highest BCUT2D eigenvalue weighted by Gasteiger charge is 2.17. The first kappa shape index (κ1) is 21.8. The highest BCUT2D eigenvalue weighted by molar-refractivity contribution is 7.92. The molecule has 0 spiro atoms. The first-order valence-electron chi connectivity index (χ1n) is 8.16. The van der Waals surface area contributed by atoms with Crippen LogP contribution in [0.15, 0.2) is 41.3 Å². The fraction of sp³-hybridized carbons (Fsp3) is 0.333. The molecule has 0 aromatic heterocycles. The van der Waals surface area contributed by atoms with Crippen LogP contribution < -0.4 is 4.72 Å². The van der Waals surface area contributed by atoms with Gasteiger partial charge in [0.05, 0.1) is 29.9 Å². The fourth-order valence-electron chi connectivity index (χ4n) is 2.30. The molecule has 0 saturated carbocycles. The molecule has 0 saturated heterocycles. The molecule has 0 fully saturated rings. The Morgan fingerprint density at radius 1 is 1.15 bits per heavy atom. The van der Waals surface area contributed by atoms with Gasteiger partial charge in [-0.05, 0) is 30.7 Å². The van der Waals surface area contributed by atoms with Gasteiger partial charge in [-0.15, -0.1) is 0 Å². The number of hydrogen-bond acceptors (Lipinski definition) is 5. The van der Waals surface area contributed by atoms with Gasteiger partial charge < -0.3 is 14.6 Å². The van der Waals surface area contributed by atoms with E-state index < -0.39 is 10.0 Å². The first-order valence-corrected chi connectivity index (χ1v) is 10.4. The van der Waals surface area contributed by atoms with Gasteiger partial charge in [0.25, 0.3) is 10.0 Å². The van der Waals surface area contributed by atoms with E-state index in [1.54, 1.807) is 13.2 Å². The van der Waals surface area contributed by atoms with Crippen molar-refractivity contribution < 1.29 is 23.0 Å². The zero-order valence-corrected chi connectivity index (χ0v) is 17.2. The zero-order chi connectivity index (χ0) is 20.0. The van der Waals surface area contributed by atoms with Gasteiger partial charge in [0, 0.05) is 28.8 Å². The van der Waals surface area contributed by atoms with Gasteiger partial charge in [0.2, 0.25) is 0 Å². The first-order chi connectivity index (χ1) is 12.7. The van der Waals surface area contributed by atoms with E-state index in [0.29, 0.717) is 12.2 Å². The largest absolute Gasteiger partial charge is 0.508 e. The molecule has 0 amide bonds. The summed E-state index contributed by atoms with van der Waals surface area (Å²) >= 11 is 11.7. The number of phenolic OH excluding ortho intramolecular Hbond substituents is 1. The van der Waals surface area contributed by atoms with Crippen LogP contribution in [-0.4, -0.2) is 33.3 Å². The molecule has 0 bridgehead atoms. The van der Waals surface area contributed by atoms with Crippen LogP contribution in [-0.2, 0) is 26.1 Å². The maximum Gasteiger partial charge on any atom is 0.261 e. The Labute approximate surface area is 169 Å². The zero-order valence-electron chi connectivity index (χ0n) is 14.9. The van der Waals surface area contributed by atoms with Crippen molar-refractivity contribution in [1.82, 2.24) is 0 Å². The summed E-state index contributed by atoms with van der Waals surface area (Å²) in [7, 11) is -2.29. The molecule has 2 aromatic rings. The number of sulfonamides is 1. The van der Waals surface area contributed by atoms with Crippen LogP contribution in [0.3, 0.4) is 0 Å². The van der Waals surface area contributed by atoms with Crippen molar-refractivity contribution in [2.45, 2.75) is 31.0 Å². The summed E-state index contributed by atoms with van der Waals surface area (Å²) in [6.07, 6.45) is 0.805. The monoisotopic (exact) mass is 433 g/mol. The number of aromatic hydroxyl groups is 1. The van der Waals surface area contributed by atoms with Crippen LogP contribution in [0.4, 0.5) is 5.69 Å². The van der Waals surface area contributed by atoms with Crippen molar-refractivity contribution >= 4 is 38.9 Å². The van der Waals surface area contributed by atoms with Gasteiger partial charge >= 0.3 is 0 Å². The van der Waals surface area contributed by atoms with Gasteiger partial charge in [-0.2, -0.15) is 0 Å². The third kappa shape index (κ3) is 6.26. The second-order valence-corrected chi connectivity index (χ2v) is 8.39. The molecule has 2 aromatic carbocycles. The lowest BCUT2D eigenvalue weighted by molar-refractivity contribution is 0.000109. The molecular formula is C18H21Cl2NO5S. The van der Waals surface area contributed by atoms with Crippen molar-refractivity contribution in [3.05, 3.63) is 52.0 Å². The van der Waals surface area contributed by atoms with Gasteiger partial charge in [0.1, 0.15) is 5.75 Å². The lowest BCUT2D eigenvalue weighted by Gasteiger charge is -2.14. The predicted octanol–water partition coefficient (Wildman–Crippen LogP) is 4.44. The summed E-state index contributed by atoms with van der Waals surface area (Å²) in [5.74, 6) is -0.0789. The highest BCUT2D eigenvalue weighted by atomic mass is 35.5. The van der Waals surface area contributed by atoms with Gasteiger partial charge in [-0.25, -0.2) is 8.42 Å². The number of benzene rings is 2. The van der Waals surface area contributed by atoms with E-state index >= 15 is 0 Å². The highest BCUT2D eigenvalue weighted by Crippen LogP contribution is 2.27. The van der Waals surface area contributed by atoms with Crippen molar-refractivity contribution in [3.8, 4) is 5.75 Å². The van der Waals surface area contributed by atoms with Crippen molar-refractivity contribution in [2.75, 3.05) is 18.4 Å². The van der Waals surface area contributed by atoms with Gasteiger partial charge in [-0.3, -0.25) is 4.72 Å². The van der Waals surface area contributed by atoms with Crippen molar-refractivity contribution in [3.63, 3.8) is 0 Å². The molecule has 0 aliphatic rings. The Morgan fingerprint density at radius 3 is 2.37 bits per heavy atom. The molecule has 1 unspecified atom stereocenters. The van der Waals surface area contributed by atoms with Crippen LogP contribution >= 0.6 is 23.2 Å². The topological polar surface area (TPSA) is 84.9 Å². The normalized spacial score (nSPS) is 12.7. The Balaban J connectivity index is 2.08. The van der Waals surface area contributed by atoms with Crippen molar-refractivity contribution in [2.24, 2.45) is 0 Å². The number of nitrogens with one attached hydrogen (secondary N) is 1. The van der Waals surface area contributed by atoms with E-state index in [0.717, 1.165) is 6.42 Å². The molecule has 148 valence electrons. The standard InChI is InChI=1S/C18H21Cl2NO5S/c1-3-16(25-2)11-26-10-12-4-5-15(9-18(12)22)21-27(23,24)17-7-13(19)6-14(20)8-17/h4-9,16,21-22H,3,10-11H2,1-2H3. The van der Waals surface area contributed by atoms with Crippen LogP contribution in [0.1, 0.15) is 18.9 Å². The molecule has 2 N–H and O–H groups in total. The van der Waals surface area contributed by atoms with E-state index in [1.165, 1.54) is 30.3 Å². The van der Waals surface area contributed by atoms with Gasteiger partial charge in [-0.1, -0.05) is 36.2 Å². The number of ether oxygens (including phenoxy) is 2. The maximum absolute atomic E-state index is 12.5. The molecule has 27 heavy (non-hydrogen) atoms. The number of phenols is 1.